The molecular weight excluding hydrogens is 390 g/mol. The van der Waals surface area contributed by atoms with E-state index in [1.807, 2.05) is 16.7 Å². The second-order valence-electron chi connectivity index (χ2n) is 6.81. The van der Waals surface area contributed by atoms with E-state index in [1.54, 1.807) is 6.07 Å². The van der Waals surface area contributed by atoms with Crippen molar-refractivity contribution < 1.29 is 18.0 Å². The van der Waals surface area contributed by atoms with E-state index < -0.39 is 11.7 Å². The number of alkyl halides is 3. The molecule has 0 spiro atoms. The molecule has 0 radical (unpaired) electrons. The van der Waals surface area contributed by atoms with Crippen LogP contribution in [0.4, 0.5) is 18.9 Å². The Bertz CT molecular complexity index is 614. The van der Waals surface area contributed by atoms with Crippen molar-refractivity contribution in [3.05, 3.63) is 29.8 Å². The van der Waals surface area contributed by atoms with Crippen molar-refractivity contribution in [2.45, 2.75) is 19.5 Å². The Morgan fingerprint density at radius 3 is 2.35 bits per heavy atom. The summed E-state index contributed by atoms with van der Waals surface area (Å²) in [6.45, 7) is 5.73. The Kier molecular flexibility index (Phi) is 7.62. The van der Waals surface area contributed by atoms with Gasteiger partial charge in [-0.15, -0.1) is 24.8 Å². The number of piperazine rings is 1. The van der Waals surface area contributed by atoms with Crippen LogP contribution in [-0.2, 0) is 11.0 Å². The van der Waals surface area contributed by atoms with Crippen molar-refractivity contribution in [1.82, 2.24) is 10.2 Å². The number of amides is 1. The molecule has 2 aliphatic rings. The van der Waals surface area contributed by atoms with Crippen molar-refractivity contribution in [2.75, 3.05) is 44.2 Å². The summed E-state index contributed by atoms with van der Waals surface area (Å²) in [6.07, 6.45) is -3.50. The van der Waals surface area contributed by atoms with Gasteiger partial charge in [0.2, 0.25) is 5.91 Å². The summed E-state index contributed by atoms with van der Waals surface area (Å²) < 4.78 is 38.5. The van der Waals surface area contributed by atoms with Crippen LogP contribution in [0.25, 0.3) is 0 Å². The Labute approximate surface area is 163 Å². The Hall–Kier alpha value is -1.18. The predicted octanol–water partition coefficient (Wildman–Crippen LogP) is 3.20. The molecular formula is C17H24Cl2F3N3O. The van der Waals surface area contributed by atoms with Gasteiger partial charge in [-0.2, -0.15) is 13.2 Å². The first-order valence-corrected chi connectivity index (χ1v) is 8.22. The van der Waals surface area contributed by atoms with E-state index in [0.29, 0.717) is 38.4 Å². The first-order chi connectivity index (χ1) is 11.3. The monoisotopic (exact) mass is 413 g/mol. The van der Waals surface area contributed by atoms with Gasteiger partial charge >= 0.3 is 6.18 Å². The van der Waals surface area contributed by atoms with E-state index in [2.05, 4.69) is 5.32 Å². The molecule has 1 unspecified atom stereocenters. The van der Waals surface area contributed by atoms with E-state index in [1.165, 1.54) is 12.1 Å². The van der Waals surface area contributed by atoms with Crippen molar-refractivity contribution in [3.8, 4) is 0 Å². The molecule has 1 N–H and O–H groups in total. The van der Waals surface area contributed by atoms with Crippen LogP contribution in [0.5, 0.6) is 0 Å². The normalized spacial score (nSPS) is 23.2. The van der Waals surface area contributed by atoms with Gasteiger partial charge in [-0.25, -0.2) is 0 Å². The summed E-state index contributed by atoms with van der Waals surface area (Å²) in [4.78, 5) is 16.4. The number of carbonyl (C=O) groups excluding carboxylic acids is 1. The fourth-order valence-electron chi connectivity index (χ4n) is 3.43. The highest BCUT2D eigenvalue weighted by atomic mass is 35.5. The number of nitrogens with zero attached hydrogens (tertiary/aromatic N) is 2. The number of rotatable bonds is 2. The van der Waals surface area contributed by atoms with E-state index in [-0.39, 0.29) is 36.1 Å². The van der Waals surface area contributed by atoms with Crippen LogP contribution in [0.15, 0.2) is 24.3 Å². The summed E-state index contributed by atoms with van der Waals surface area (Å²) in [5.41, 5.74) is -0.424. The lowest BCUT2D eigenvalue weighted by molar-refractivity contribution is -0.140. The number of nitrogens with one attached hydrogen (secondary N) is 1. The zero-order valence-corrected chi connectivity index (χ0v) is 16.1. The predicted molar refractivity (Wildman–Crippen MR) is 100 cm³/mol. The SMILES string of the molecule is CC1(C(=O)N2CCN(c3cccc(C(F)(F)F)c3)CC2)CCNC1.Cl.Cl. The Morgan fingerprint density at radius 1 is 1.15 bits per heavy atom. The first-order valence-electron chi connectivity index (χ1n) is 8.22. The summed E-state index contributed by atoms with van der Waals surface area (Å²) >= 11 is 0. The van der Waals surface area contributed by atoms with E-state index in [4.69, 9.17) is 0 Å². The molecule has 1 aromatic carbocycles. The highest BCUT2D eigenvalue weighted by molar-refractivity contribution is 5.85. The topological polar surface area (TPSA) is 35.6 Å². The molecule has 0 aliphatic carbocycles. The van der Waals surface area contributed by atoms with Crippen LogP contribution in [0, 0.1) is 5.41 Å². The smallest absolute Gasteiger partial charge is 0.368 e. The molecule has 2 aliphatic heterocycles. The van der Waals surface area contributed by atoms with Crippen LogP contribution >= 0.6 is 24.8 Å². The molecule has 2 heterocycles. The maximum absolute atomic E-state index is 12.8. The van der Waals surface area contributed by atoms with Gasteiger partial charge in [-0.05, 0) is 38.1 Å². The third-order valence-electron chi connectivity index (χ3n) is 4.99. The molecule has 1 aromatic rings. The lowest BCUT2D eigenvalue weighted by atomic mass is 9.88. The highest BCUT2D eigenvalue weighted by Crippen LogP contribution is 2.32. The van der Waals surface area contributed by atoms with Crippen molar-refractivity contribution in [3.63, 3.8) is 0 Å². The summed E-state index contributed by atoms with van der Waals surface area (Å²) in [7, 11) is 0. The highest BCUT2D eigenvalue weighted by Gasteiger charge is 2.40. The van der Waals surface area contributed by atoms with Gasteiger partial charge in [0.25, 0.3) is 0 Å². The zero-order valence-electron chi connectivity index (χ0n) is 14.5. The molecule has 0 aromatic heterocycles. The molecule has 0 saturated carbocycles. The minimum Gasteiger partial charge on any atom is -0.368 e. The molecule has 2 saturated heterocycles. The number of benzene rings is 1. The third kappa shape index (κ3) is 4.75. The number of carbonyl (C=O) groups is 1. The molecule has 1 atom stereocenters. The quantitative estimate of drug-likeness (QED) is 0.808. The zero-order chi connectivity index (χ0) is 17.4. The number of hydrogen-bond acceptors (Lipinski definition) is 3. The van der Waals surface area contributed by atoms with Gasteiger partial charge in [0.1, 0.15) is 0 Å². The van der Waals surface area contributed by atoms with E-state index in [9.17, 15) is 18.0 Å². The molecule has 1 amide bonds. The van der Waals surface area contributed by atoms with Gasteiger partial charge in [-0.1, -0.05) is 6.07 Å². The minimum absolute atomic E-state index is 0. The van der Waals surface area contributed by atoms with Gasteiger partial charge in [0, 0.05) is 38.4 Å². The average Bonchev–Trinajstić information content (AvgIpc) is 3.02. The summed E-state index contributed by atoms with van der Waals surface area (Å²) in [5.74, 6) is 0.149. The average molecular weight is 414 g/mol. The molecule has 26 heavy (non-hydrogen) atoms. The number of hydrogen-bond donors (Lipinski definition) is 1. The van der Waals surface area contributed by atoms with Gasteiger partial charge in [-0.3, -0.25) is 4.79 Å². The van der Waals surface area contributed by atoms with Crippen LogP contribution in [0.1, 0.15) is 18.9 Å². The maximum atomic E-state index is 12.8. The van der Waals surface area contributed by atoms with Crippen LogP contribution in [0.3, 0.4) is 0 Å². The number of anilines is 1. The molecule has 2 fully saturated rings. The molecule has 9 heteroatoms. The molecule has 3 rings (SSSR count). The van der Waals surface area contributed by atoms with Crippen molar-refractivity contribution >= 4 is 36.4 Å². The minimum atomic E-state index is -4.34. The first kappa shape index (κ1) is 22.9. The molecule has 148 valence electrons. The van der Waals surface area contributed by atoms with Gasteiger partial charge < -0.3 is 15.1 Å². The number of halogens is 5. The summed E-state index contributed by atoms with van der Waals surface area (Å²) in [6, 6.07) is 5.38. The largest absolute Gasteiger partial charge is 0.416 e. The molecule has 4 nitrogen and oxygen atoms in total. The maximum Gasteiger partial charge on any atom is 0.416 e. The standard InChI is InChI=1S/C17H22F3N3O.2ClH/c1-16(5-6-21-12-16)15(24)23-9-7-22(8-10-23)14-4-2-3-13(11-14)17(18,19)20;;/h2-4,11,21H,5-10,12H2,1H3;2*1H. The Morgan fingerprint density at radius 2 is 1.81 bits per heavy atom. The van der Waals surface area contributed by atoms with Crippen LogP contribution < -0.4 is 10.2 Å². The second-order valence-corrected chi connectivity index (χ2v) is 6.81. The fraction of sp³-hybridized carbons (Fsp3) is 0.588. The lowest BCUT2D eigenvalue weighted by Gasteiger charge is -2.39. The van der Waals surface area contributed by atoms with Crippen molar-refractivity contribution in [1.29, 1.82) is 0 Å². The van der Waals surface area contributed by atoms with Gasteiger partial charge in [0.05, 0.1) is 11.0 Å². The van der Waals surface area contributed by atoms with Crippen LogP contribution in [-0.4, -0.2) is 50.1 Å². The van der Waals surface area contributed by atoms with Gasteiger partial charge in [0.15, 0.2) is 0 Å². The fourth-order valence-corrected chi connectivity index (χ4v) is 3.43. The van der Waals surface area contributed by atoms with Crippen LogP contribution in [0.2, 0.25) is 0 Å². The second kappa shape index (κ2) is 8.67. The van der Waals surface area contributed by atoms with E-state index >= 15 is 0 Å². The molecule has 0 bridgehead atoms. The van der Waals surface area contributed by atoms with Crippen molar-refractivity contribution in [2.24, 2.45) is 5.41 Å². The summed E-state index contributed by atoms with van der Waals surface area (Å²) in [5, 5.41) is 3.22. The lowest BCUT2D eigenvalue weighted by Crippen LogP contribution is -2.53. The van der Waals surface area contributed by atoms with E-state index in [0.717, 1.165) is 19.0 Å². The third-order valence-corrected chi connectivity index (χ3v) is 4.99. The Balaban J connectivity index is 0.00000169.